The normalized spacial score (nSPS) is 23.9. The summed E-state index contributed by atoms with van der Waals surface area (Å²) >= 11 is 0. The van der Waals surface area contributed by atoms with E-state index in [4.69, 9.17) is 0 Å². The number of benzene rings is 1. The molecule has 0 amide bonds. The second-order valence-corrected chi connectivity index (χ2v) is 6.99. The molecule has 1 saturated carbocycles. The molecule has 4 nitrogen and oxygen atoms in total. The molecular formula is C19H27IN4. The van der Waals surface area contributed by atoms with Crippen molar-refractivity contribution in [3.05, 3.63) is 36.0 Å². The van der Waals surface area contributed by atoms with Crippen molar-refractivity contribution in [1.29, 1.82) is 0 Å². The Hall–Kier alpha value is -1.24. The van der Waals surface area contributed by atoms with Crippen LogP contribution < -0.4 is 5.32 Å². The molecule has 1 aromatic carbocycles. The van der Waals surface area contributed by atoms with Gasteiger partial charge in [-0.2, -0.15) is 0 Å². The zero-order chi connectivity index (χ0) is 15.6. The van der Waals surface area contributed by atoms with Crippen LogP contribution in [0, 0.1) is 11.8 Å². The Bertz CT molecular complexity index is 661. The molecule has 0 bridgehead atoms. The minimum absolute atomic E-state index is 0. The van der Waals surface area contributed by atoms with Gasteiger partial charge in [-0.05, 0) is 42.2 Å². The Kier molecular flexibility index (Phi) is 5.69. The quantitative estimate of drug-likeness (QED) is 0.423. The highest BCUT2D eigenvalue weighted by Crippen LogP contribution is 2.35. The van der Waals surface area contributed by atoms with Gasteiger partial charge < -0.3 is 15.2 Å². The Labute approximate surface area is 161 Å². The highest BCUT2D eigenvalue weighted by Gasteiger charge is 2.35. The smallest absolute Gasteiger partial charge is 0.193 e. The lowest BCUT2D eigenvalue weighted by Crippen LogP contribution is -2.39. The number of hydrogen-bond donors (Lipinski definition) is 2. The summed E-state index contributed by atoms with van der Waals surface area (Å²) in [6.07, 6.45) is 5.63. The van der Waals surface area contributed by atoms with Crippen LogP contribution in [0.3, 0.4) is 0 Å². The van der Waals surface area contributed by atoms with Gasteiger partial charge in [-0.3, -0.25) is 4.99 Å². The molecule has 1 saturated heterocycles. The van der Waals surface area contributed by atoms with Crippen LogP contribution in [0.25, 0.3) is 10.9 Å². The zero-order valence-electron chi connectivity index (χ0n) is 14.3. The summed E-state index contributed by atoms with van der Waals surface area (Å²) < 4.78 is 0. The molecule has 4 rings (SSSR count). The third kappa shape index (κ3) is 3.55. The molecule has 2 unspecified atom stereocenters. The first-order chi connectivity index (χ1) is 11.3. The molecule has 130 valence electrons. The van der Waals surface area contributed by atoms with E-state index in [2.05, 4.69) is 50.5 Å². The van der Waals surface area contributed by atoms with Gasteiger partial charge in [0.05, 0.1) is 6.54 Å². The van der Waals surface area contributed by atoms with Gasteiger partial charge in [-0.25, -0.2) is 0 Å². The Balaban J connectivity index is 0.00000169. The predicted molar refractivity (Wildman–Crippen MR) is 111 cm³/mol. The van der Waals surface area contributed by atoms with Crippen molar-refractivity contribution in [3.8, 4) is 0 Å². The number of nitrogens with zero attached hydrogens (tertiary/aromatic N) is 2. The van der Waals surface area contributed by atoms with Gasteiger partial charge in [0.25, 0.3) is 0 Å². The summed E-state index contributed by atoms with van der Waals surface area (Å²) in [6, 6.07) is 10.6. The van der Waals surface area contributed by atoms with Crippen LogP contribution in [0.4, 0.5) is 0 Å². The molecule has 0 spiro atoms. The number of nitrogens with one attached hydrogen (secondary N) is 2. The van der Waals surface area contributed by atoms with Crippen LogP contribution in [0.5, 0.6) is 0 Å². The lowest BCUT2D eigenvalue weighted by Gasteiger charge is -2.22. The molecular weight excluding hydrogens is 411 g/mol. The number of halogens is 1. The van der Waals surface area contributed by atoms with E-state index in [1.807, 2.05) is 7.05 Å². The van der Waals surface area contributed by atoms with Crippen molar-refractivity contribution < 1.29 is 0 Å². The van der Waals surface area contributed by atoms with Crippen LogP contribution in [0.15, 0.2) is 35.3 Å². The van der Waals surface area contributed by atoms with E-state index in [0.717, 1.165) is 24.3 Å². The summed E-state index contributed by atoms with van der Waals surface area (Å²) in [6.45, 7) is 3.15. The topological polar surface area (TPSA) is 43.4 Å². The van der Waals surface area contributed by atoms with Gasteiger partial charge in [-0.15, -0.1) is 24.0 Å². The molecule has 0 radical (unpaired) electrons. The molecule has 2 heterocycles. The zero-order valence-corrected chi connectivity index (χ0v) is 16.6. The highest BCUT2D eigenvalue weighted by molar-refractivity contribution is 14.0. The minimum atomic E-state index is 0. The fourth-order valence-electron chi connectivity index (χ4n) is 4.31. The molecule has 1 aromatic heterocycles. The van der Waals surface area contributed by atoms with Crippen molar-refractivity contribution >= 4 is 40.8 Å². The van der Waals surface area contributed by atoms with Gasteiger partial charge in [0.2, 0.25) is 0 Å². The molecule has 2 atom stereocenters. The number of hydrogen-bond acceptors (Lipinski definition) is 1. The Morgan fingerprint density at radius 1 is 1.21 bits per heavy atom. The predicted octanol–water partition coefficient (Wildman–Crippen LogP) is 3.98. The summed E-state index contributed by atoms with van der Waals surface area (Å²) in [4.78, 5) is 10.5. The van der Waals surface area contributed by atoms with Crippen LogP contribution in [0.1, 0.15) is 31.4 Å². The second kappa shape index (κ2) is 7.76. The monoisotopic (exact) mass is 438 g/mol. The number of aliphatic imine (C=N–C) groups is 1. The number of guanidine groups is 1. The van der Waals surface area contributed by atoms with E-state index in [9.17, 15) is 0 Å². The maximum atomic E-state index is 4.51. The average Bonchev–Trinajstić information content (AvgIpc) is 3.18. The van der Waals surface area contributed by atoms with Crippen LogP contribution >= 0.6 is 24.0 Å². The number of aromatic nitrogens is 1. The molecule has 2 N–H and O–H groups in total. The molecule has 24 heavy (non-hydrogen) atoms. The maximum Gasteiger partial charge on any atom is 0.193 e. The Morgan fingerprint density at radius 2 is 1.92 bits per heavy atom. The van der Waals surface area contributed by atoms with Crippen molar-refractivity contribution in [2.75, 3.05) is 20.1 Å². The van der Waals surface area contributed by atoms with Crippen LogP contribution in [-0.2, 0) is 6.54 Å². The molecule has 1 aliphatic heterocycles. The maximum absolute atomic E-state index is 4.51. The van der Waals surface area contributed by atoms with Gasteiger partial charge in [0.15, 0.2) is 5.96 Å². The highest BCUT2D eigenvalue weighted by atomic mass is 127. The summed E-state index contributed by atoms with van der Waals surface area (Å²) in [7, 11) is 1.90. The number of fused-ring (bicyclic) bond motifs is 2. The average molecular weight is 438 g/mol. The lowest BCUT2D eigenvalue weighted by atomic mass is 9.82. The third-order valence-electron chi connectivity index (χ3n) is 5.51. The fraction of sp³-hybridized carbons (Fsp3) is 0.526. The number of para-hydroxylation sites is 1. The number of rotatable bonds is 2. The van der Waals surface area contributed by atoms with Gasteiger partial charge in [0.1, 0.15) is 0 Å². The molecule has 5 heteroatoms. The van der Waals surface area contributed by atoms with Gasteiger partial charge in [0, 0.05) is 31.3 Å². The molecule has 2 aliphatic rings. The first kappa shape index (κ1) is 17.6. The third-order valence-corrected chi connectivity index (χ3v) is 5.51. The summed E-state index contributed by atoms with van der Waals surface area (Å²) in [5.74, 6) is 2.82. The second-order valence-electron chi connectivity index (χ2n) is 6.99. The number of H-pyrrole nitrogens is 1. The van der Waals surface area contributed by atoms with E-state index in [-0.39, 0.29) is 24.0 Å². The molecule has 1 aliphatic carbocycles. The summed E-state index contributed by atoms with van der Waals surface area (Å²) in [5, 5.41) is 4.81. The first-order valence-electron chi connectivity index (χ1n) is 8.86. The van der Waals surface area contributed by atoms with Gasteiger partial charge >= 0.3 is 0 Å². The van der Waals surface area contributed by atoms with E-state index in [1.165, 1.54) is 55.4 Å². The van der Waals surface area contributed by atoms with E-state index >= 15 is 0 Å². The van der Waals surface area contributed by atoms with Crippen LogP contribution in [0.2, 0.25) is 0 Å². The van der Waals surface area contributed by atoms with Crippen molar-refractivity contribution in [3.63, 3.8) is 0 Å². The Morgan fingerprint density at radius 3 is 2.58 bits per heavy atom. The van der Waals surface area contributed by atoms with Crippen molar-refractivity contribution in [2.45, 2.75) is 32.2 Å². The SMILES string of the molecule is CN=C(NCc1cc2ccccc2[nH]1)N1CC2CCCCC2C1.I. The summed E-state index contributed by atoms with van der Waals surface area (Å²) in [5.41, 5.74) is 2.41. The first-order valence-corrected chi connectivity index (χ1v) is 8.86. The van der Waals surface area contributed by atoms with E-state index in [1.54, 1.807) is 0 Å². The van der Waals surface area contributed by atoms with E-state index < -0.39 is 0 Å². The minimum Gasteiger partial charge on any atom is -0.357 e. The van der Waals surface area contributed by atoms with Crippen molar-refractivity contribution in [1.82, 2.24) is 15.2 Å². The van der Waals surface area contributed by atoms with Crippen molar-refractivity contribution in [2.24, 2.45) is 16.8 Å². The number of likely N-dealkylation sites (tertiary alicyclic amines) is 1. The lowest BCUT2D eigenvalue weighted by molar-refractivity contribution is 0.299. The molecule has 2 aromatic rings. The standard InChI is InChI=1S/C19H26N4.HI/c1-20-19(23-12-15-7-2-3-8-16(15)13-23)21-11-17-10-14-6-4-5-9-18(14)22-17;/h4-6,9-10,15-16,22H,2-3,7-8,11-13H2,1H3,(H,20,21);1H. The fourth-order valence-corrected chi connectivity index (χ4v) is 4.31. The molecule has 2 fully saturated rings. The largest absolute Gasteiger partial charge is 0.357 e. The van der Waals surface area contributed by atoms with Crippen LogP contribution in [-0.4, -0.2) is 36.0 Å². The van der Waals surface area contributed by atoms with Gasteiger partial charge in [-0.1, -0.05) is 31.0 Å². The number of aromatic amines is 1. The van der Waals surface area contributed by atoms with E-state index in [0.29, 0.717) is 0 Å².